The number of rotatable bonds is 13. The number of ether oxygens (including phenoxy) is 2. The summed E-state index contributed by atoms with van der Waals surface area (Å²) in [5.41, 5.74) is -0.247. The highest BCUT2D eigenvalue weighted by Crippen LogP contribution is 2.22. The third kappa shape index (κ3) is 8.78. The summed E-state index contributed by atoms with van der Waals surface area (Å²) in [6, 6.07) is 7.57. The number of anilines is 2. The highest BCUT2D eigenvalue weighted by molar-refractivity contribution is 6.33. The van der Waals surface area contributed by atoms with E-state index >= 15 is 0 Å². The van der Waals surface area contributed by atoms with Gasteiger partial charge in [-0.25, -0.2) is 4.79 Å². The number of carbonyl (C=O) groups excluding carboxylic acids is 3. The van der Waals surface area contributed by atoms with Gasteiger partial charge in [-0.2, -0.15) is 0 Å². The van der Waals surface area contributed by atoms with E-state index in [2.05, 4.69) is 26.3 Å². The Bertz CT molecular complexity index is 1300. The van der Waals surface area contributed by atoms with Gasteiger partial charge in [0, 0.05) is 32.9 Å². The Hall–Kier alpha value is -3.45. The second kappa shape index (κ2) is 15.1. The van der Waals surface area contributed by atoms with Crippen molar-refractivity contribution in [3.05, 3.63) is 56.8 Å². The highest BCUT2D eigenvalue weighted by Gasteiger charge is 2.32. The lowest BCUT2D eigenvalue weighted by atomic mass is 9.98. The summed E-state index contributed by atoms with van der Waals surface area (Å²) >= 11 is 6.13. The van der Waals surface area contributed by atoms with Gasteiger partial charge < -0.3 is 35.7 Å². The summed E-state index contributed by atoms with van der Waals surface area (Å²) in [7, 11) is 5.00. The summed E-state index contributed by atoms with van der Waals surface area (Å²) in [5.74, 6) is -0.854. The van der Waals surface area contributed by atoms with Gasteiger partial charge in [0.25, 0.3) is 11.5 Å². The number of piperidine rings is 1. The van der Waals surface area contributed by atoms with Crippen LogP contribution in [0.1, 0.15) is 53.8 Å². The number of hydrogen-bond acceptors (Lipinski definition) is 9. The maximum Gasteiger partial charge on any atom is 0.338 e. The molecule has 0 aliphatic carbocycles. The molecule has 0 spiro atoms. The average Bonchev–Trinajstić information content (AvgIpc) is 2.97. The van der Waals surface area contributed by atoms with Crippen molar-refractivity contribution in [3.8, 4) is 0 Å². The van der Waals surface area contributed by atoms with E-state index in [1.54, 1.807) is 31.3 Å². The molecule has 0 bridgehead atoms. The molecule has 2 aromatic rings. The number of amides is 2. The maximum atomic E-state index is 12.8. The van der Waals surface area contributed by atoms with Crippen LogP contribution in [0.3, 0.4) is 0 Å². The predicted molar refractivity (Wildman–Crippen MR) is 162 cm³/mol. The Balaban J connectivity index is 1.52. The van der Waals surface area contributed by atoms with Gasteiger partial charge in [-0.1, -0.05) is 18.5 Å². The normalized spacial score (nSPS) is 18.5. The van der Waals surface area contributed by atoms with Crippen molar-refractivity contribution in [1.82, 2.24) is 20.5 Å². The number of nitrogens with one attached hydrogen (secondary N) is 5. The second-order valence-corrected chi connectivity index (χ2v) is 10.9. The van der Waals surface area contributed by atoms with Gasteiger partial charge in [0.2, 0.25) is 5.91 Å². The molecule has 2 heterocycles. The number of likely N-dealkylation sites (tertiary alicyclic amines) is 1. The molecule has 1 unspecified atom stereocenters. The molecule has 1 aromatic carbocycles. The van der Waals surface area contributed by atoms with Crippen LogP contribution in [0.25, 0.3) is 0 Å². The van der Waals surface area contributed by atoms with Gasteiger partial charge in [-0.3, -0.25) is 19.3 Å². The summed E-state index contributed by atoms with van der Waals surface area (Å²) in [4.78, 5) is 55.1. The molecule has 12 nitrogen and oxygen atoms in total. The van der Waals surface area contributed by atoms with Gasteiger partial charge in [-0.15, -0.1) is 0 Å². The van der Waals surface area contributed by atoms with Crippen molar-refractivity contribution >= 4 is 40.9 Å². The number of nitrogens with zero attached hydrogens (tertiary/aromatic N) is 1. The smallest absolute Gasteiger partial charge is 0.338 e. The molecular formula is C29H41ClN6O6. The summed E-state index contributed by atoms with van der Waals surface area (Å²) in [6.45, 7) is 5.69. The zero-order chi connectivity index (χ0) is 30.9. The number of pyridine rings is 1. The number of hydrogen-bond donors (Lipinski definition) is 5. The van der Waals surface area contributed by atoms with Crippen molar-refractivity contribution in [2.75, 3.05) is 58.0 Å². The average molecular weight is 605 g/mol. The fourth-order valence-electron chi connectivity index (χ4n) is 4.70. The number of aromatic nitrogens is 1. The Morgan fingerprint density at radius 1 is 1.19 bits per heavy atom. The van der Waals surface area contributed by atoms with Gasteiger partial charge in [0.15, 0.2) is 0 Å². The third-order valence-corrected chi connectivity index (χ3v) is 7.81. The fraction of sp³-hybridized carbons (Fsp3) is 0.517. The lowest BCUT2D eigenvalue weighted by Gasteiger charge is -2.37. The van der Waals surface area contributed by atoms with Crippen molar-refractivity contribution in [1.29, 1.82) is 0 Å². The standard InChI is InChI=1S/C29H41ClN6O6/c1-6-29(2,12-13-31-3)42-28(40)18-7-9-19(10-8-18)33-24(37)17-36-14-11-22(23(16-36)41-5)34-26(38)20-15-21(30)25(32-4)35-27(20)39/h7-10,15,22-23,31H,6,11-14,16-17H2,1-5H3,(H,33,37)(H,34,38)(H2,32,35,39)/t22-,23+,29?/m1/s1. The van der Waals surface area contributed by atoms with E-state index in [1.165, 1.54) is 13.2 Å². The largest absolute Gasteiger partial charge is 0.456 e. The minimum absolute atomic E-state index is 0.0943. The molecule has 13 heteroatoms. The van der Waals surface area contributed by atoms with Crippen LogP contribution in [-0.4, -0.2) is 92.8 Å². The Kier molecular flexibility index (Phi) is 11.9. The molecule has 1 aliphatic rings. The van der Waals surface area contributed by atoms with Gasteiger partial charge in [0.1, 0.15) is 17.0 Å². The van der Waals surface area contributed by atoms with Crippen LogP contribution in [0.4, 0.5) is 11.5 Å². The van der Waals surface area contributed by atoms with E-state index in [-0.39, 0.29) is 29.1 Å². The molecule has 0 saturated carbocycles. The molecule has 2 amide bonds. The van der Waals surface area contributed by atoms with E-state index in [0.29, 0.717) is 49.4 Å². The lowest BCUT2D eigenvalue weighted by molar-refractivity contribution is -0.118. The van der Waals surface area contributed by atoms with Crippen molar-refractivity contribution in [3.63, 3.8) is 0 Å². The Morgan fingerprint density at radius 3 is 2.52 bits per heavy atom. The molecule has 1 aliphatic heterocycles. The van der Waals surface area contributed by atoms with E-state index < -0.39 is 29.1 Å². The van der Waals surface area contributed by atoms with Crippen LogP contribution in [-0.2, 0) is 14.3 Å². The predicted octanol–water partition coefficient (Wildman–Crippen LogP) is 2.46. The second-order valence-electron chi connectivity index (χ2n) is 10.5. The van der Waals surface area contributed by atoms with Crippen LogP contribution >= 0.6 is 11.6 Å². The zero-order valence-electron chi connectivity index (χ0n) is 24.8. The molecule has 1 fully saturated rings. The van der Waals surface area contributed by atoms with E-state index in [1.807, 2.05) is 25.8 Å². The first-order chi connectivity index (χ1) is 20.0. The van der Waals surface area contributed by atoms with Crippen LogP contribution in [0.5, 0.6) is 0 Å². The molecule has 1 saturated heterocycles. The van der Waals surface area contributed by atoms with Crippen LogP contribution < -0.4 is 26.8 Å². The van der Waals surface area contributed by atoms with Crippen molar-refractivity contribution in [2.24, 2.45) is 0 Å². The topological polar surface area (TPSA) is 154 Å². The lowest BCUT2D eigenvalue weighted by Crippen LogP contribution is -2.56. The number of halogens is 1. The number of methoxy groups -OCH3 is 1. The van der Waals surface area contributed by atoms with Crippen molar-refractivity contribution in [2.45, 2.75) is 50.9 Å². The molecule has 3 rings (SSSR count). The molecule has 230 valence electrons. The Labute approximate surface area is 250 Å². The number of benzene rings is 1. The maximum absolute atomic E-state index is 12.8. The molecule has 1 aromatic heterocycles. The van der Waals surface area contributed by atoms with Crippen LogP contribution in [0.15, 0.2) is 35.1 Å². The highest BCUT2D eigenvalue weighted by atomic mass is 35.5. The monoisotopic (exact) mass is 604 g/mol. The minimum atomic E-state index is -0.563. The number of carbonyl (C=O) groups is 3. The minimum Gasteiger partial charge on any atom is -0.456 e. The molecule has 42 heavy (non-hydrogen) atoms. The van der Waals surface area contributed by atoms with E-state index in [4.69, 9.17) is 21.1 Å². The van der Waals surface area contributed by atoms with Crippen LogP contribution in [0, 0.1) is 0 Å². The van der Waals surface area contributed by atoms with Crippen molar-refractivity contribution < 1.29 is 23.9 Å². The van der Waals surface area contributed by atoms with E-state index in [0.717, 1.165) is 6.54 Å². The number of H-pyrrole nitrogens is 1. The van der Waals surface area contributed by atoms with E-state index in [9.17, 15) is 19.2 Å². The number of aromatic amines is 1. The molecule has 5 N–H and O–H groups in total. The Morgan fingerprint density at radius 2 is 1.90 bits per heavy atom. The molecule has 0 radical (unpaired) electrons. The van der Waals surface area contributed by atoms with Gasteiger partial charge in [0.05, 0.1) is 29.3 Å². The summed E-state index contributed by atoms with van der Waals surface area (Å²) in [6.07, 6.45) is 1.52. The first-order valence-electron chi connectivity index (χ1n) is 14.0. The summed E-state index contributed by atoms with van der Waals surface area (Å²) in [5, 5.41) is 11.8. The first kappa shape index (κ1) is 33.1. The fourth-order valence-corrected chi connectivity index (χ4v) is 4.95. The SMILES string of the molecule is CCC(C)(CCNC)OC(=O)c1ccc(NC(=O)CN2CC[C@@H](NC(=O)c3cc(Cl)c(NC)[nH]c3=O)[C@@H](OC)C2)cc1. The third-order valence-electron chi connectivity index (χ3n) is 7.51. The first-order valence-corrected chi connectivity index (χ1v) is 14.3. The summed E-state index contributed by atoms with van der Waals surface area (Å²) < 4.78 is 11.4. The van der Waals surface area contributed by atoms with Gasteiger partial charge in [-0.05, 0) is 70.1 Å². The molecule has 3 atom stereocenters. The van der Waals surface area contributed by atoms with Crippen LogP contribution in [0.2, 0.25) is 5.02 Å². The zero-order valence-corrected chi connectivity index (χ0v) is 25.5. The quantitative estimate of drug-likeness (QED) is 0.217. The number of esters is 1. The molecular weight excluding hydrogens is 564 g/mol. The van der Waals surface area contributed by atoms with Gasteiger partial charge >= 0.3 is 5.97 Å².